The number of methoxy groups -OCH3 is 1. The summed E-state index contributed by atoms with van der Waals surface area (Å²) in [7, 11) is 1.76. The number of anilines is 1. The van der Waals surface area contributed by atoms with E-state index in [0.717, 1.165) is 57.4 Å². The fourth-order valence-electron chi connectivity index (χ4n) is 3.26. The first-order valence-corrected chi connectivity index (χ1v) is 12.4. The van der Waals surface area contributed by atoms with E-state index in [-0.39, 0.29) is 11.8 Å². The van der Waals surface area contributed by atoms with Crippen molar-refractivity contribution in [3.63, 3.8) is 0 Å². The second-order valence-corrected chi connectivity index (χ2v) is 11.2. The van der Waals surface area contributed by atoms with E-state index in [1.54, 1.807) is 18.4 Å². The Labute approximate surface area is 174 Å². The van der Waals surface area contributed by atoms with Crippen molar-refractivity contribution in [3.05, 3.63) is 18.2 Å². The molecule has 4 nitrogen and oxygen atoms in total. The third-order valence-corrected chi connectivity index (χ3v) is 8.30. The van der Waals surface area contributed by atoms with Crippen LogP contribution in [0.3, 0.4) is 0 Å². The average Bonchev–Trinajstić information content (AvgIpc) is 3.07. The molecule has 1 aliphatic rings. The SMILES string of the molecule is COC1CCC(C(=O)Nc2ccc3nc(SCCSC(C)C)sc3c2)CC1. The predicted molar refractivity (Wildman–Crippen MR) is 119 cm³/mol. The first-order valence-electron chi connectivity index (χ1n) is 9.54. The van der Waals surface area contributed by atoms with Crippen LogP contribution in [-0.2, 0) is 9.53 Å². The van der Waals surface area contributed by atoms with Gasteiger partial charge in [-0.25, -0.2) is 4.98 Å². The monoisotopic (exact) mass is 424 g/mol. The molecule has 1 saturated carbocycles. The number of nitrogens with one attached hydrogen (secondary N) is 1. The molecule has 1 aromatic carbocycles. The first kappa shape index (κ1) is 21.0. The summed E-state index contributed by atoms with van der Waals surface area (Å²) in [6.45, 7) is 4.46. The zero-order chi connectivity index (χ0) is 19.2. The molecule has 0 saturated heterocycles. The Balaban J connectivity index is 1.55. The minimum atomic E-state index is 0.0955. The molecule has 0 bridgehead atoms. The number of hydrogen-bond acceptors (Lipinski definition) is 6. The number of thiazole rings is 1. The van der Waals surface area contributed by atoms with Gasteiger partial charge in [-0.1, -0.05) is 25.6 Å². The van der Waals surface area contributed by atoms with E-state index in [1.165, 1.54) is 0 Å². The molecule has 0 unspecified atom stereocenters. The first-order chi connectivity index (χ1) is 13.0. The minimum Gasteiger partial charge on any atom is -0.381 e. The number of nitrogens with zero attached hydrogens (tertiary/aromatic N) is 1. The maximum absolute atomic E-state index is 12.6. The predicted octanol–water partition coefficient (Wildman–Crippen LogP) is 5.67. The van der Waals surface area contributed by atoms with Crippen molar-refractivity contribution in [2.75, 3.05) is 23.9 Å². The fourth-order valence-corrected chi connectivity index (χ4v) is 6.28. The Morgan fingerprint density at radius 3 is 2.78 bits per heavy atom. The molecular weight excluding hydrogens is 396 g/mol. The summed E-state index contributed by atoms with van der Waals surface area (Å²) in [6.07, 6.45) is 4.07. The van der Waals surface area contributed by atoms with Crippen LogP contribution < -0.4 is 5.32 Å². The van der Waals surface area contributed by atoms with E-state index < -0.39 is 0 Å². The Morgan fingerprint density at radius 2 is 2.07 bits per heavy atom. The molecule has 2 aromatic rings. The number of fused-ring (bicyclic) bond motifs is 1. The van der Waals surface area contributed by atoms with E-state index in [2.05, 4.69) is 25.2 Å². The lowest BCUT2D eigenvalue weighted by Crippen LogP contribution is -2.29. The molecule has 1 N–H and O–H groups in total. The molecule has 0 atom stereocenters. The standard InChI is InChI=1S/C20H28N2O2S3/c1-13(2)25-10-11-26-20-22-17-9-6-15(12-18(17)27-20)21-19(23)14-4-7-16(24-3)8-5-14/h6,9,12-14,16H,4-5,7-8,10-11H2,1-3H3,(H,21,23). The van der Waals surface area contributed by atoms with Crippen molar-refractivity contribution in [1.82, 2.24) is 4.98 Å². The lowest BCUT2D eigenvalue weighted by Gasteiger charge is -2.26. The Bertz CT molecular complexity index is 755. The van der Waals surface area contributed by atoms with Crippen LogP contribution in [0.25, 0.3) is 10.2 Å². The molecule has 1 aromatic heterocycles. The highest BCUT2D eigenvalue weighted by Crippen LogP contribution is 2.32. The number of rotatable bonds is 8. The summed E-state index contributed by atoms with van der Waals surface area (Å²) in [5.74, 6) is 2.45. The zero-order valence-electron chi connectivity index (χ0n) is 16.2. The smallest absolute Gasteiger partial charge is 0.227 e. The Hall–Kier alpha value is -0.760. The van der Waals surface area contributed by atoms with E-state index in [4.69, 9.17) is 9.72 Å². The van der Waals surface area contributed by atoms with Crippen LogP contribution in [0, 0.1) is 5.92 Å². The van der Waals surface area contributed by atoms with Crippen LogP contribution in [0.5, 0.6) is 0 Å². The summed E-state index contributed by atoms with van der Waals surface area (Å²) in [5.41, 5.74) is 1.88. The third-order valence-electron chi connectivity index (χ3n) is 4.77. The third kappa shape index (κ3) is 6.11. The average molecular weight is 425 g/mol. The van der Waals surface area contributed by atoms with Gasteiger partial charge in [0, 0.05) is 30.2 Å². The molecule has 27 heavy (non-hydrogen) atoms. The normalized spacial score (nSPS) is 20.3. The topological polar surface area (TPSA) is 51.2 Å². The molecular formula is C20H28N2O2S3. The van der Waals surface area contributed by atoms with Crippen molar-refractivity contribution in [2.45, 2.75) is 55.2 Å². The number of aromatic nitrogens is 1. The van der Waals surface area contributed by atoms with Crippen molar-refractivity contribution in [2.24, 2.45) is 5.92 Å². The van der Waals surface area contributed by atoms with Gasteiger partial charge in [0.05, 0.1) is 16.3 Å². The maximum Gasteiger partial charge on any atom is 0.227 e. The number of carbonyl (C=O) groups is 1. The largest absolute Gasteiger partial charge is 0.381 e. The molecule has 1 aliphatic carbocycles. The van der Waals surface area contributed by atoms with Gasteiger partial charge in [-0.3, -0.25) is 4.79 Å². The molecule has 0 spiro atoms. The van der Waals surface area contributed by atoms with Crippen LogP contribution in [0.1, 0.15) is 39.5 Å². The fraction of sp³-hybridized carbons (Fsp3) is 0.600. The van der Waals surface area contributed by atoms with Crippen LogP contribution in [0.15, 0.2) is 22.5 Å². The molecule has 1 heterocycles. The number of ether oxygens (including phenoxy) is 1. The molecule has 7 heteroatoms. The molecule has 148 valence electrons. The van der Waals surface area contributed by atoms with E-state index >= 15 is 0 Å². The van der Waals surface area contributed by atoms with Crippen molar-refractivity contribution >= 4 is 56.7 Å². The van der Waals surface area contributed by atoms with Crippen LogP contribution >= 0.6 is 34.9 Å². The van der Waals surface area contributed by atoms with Gasteiger partial charge in [0.2, 0.25) is 5.91 Å². The second-order valence-electron chi connectivity index (χ2n) is 7.13. The number of thioether (sulfide) groups is 2. The maximum atomic E-state index is 12.6. The van der Waals surface area contributed by atoms with Gasteiger partial charge in [0.25, 0.3) is 0 Å². The van der Waals surface area contributed by atoms with Gasteiger partial charge < -0.3 is 10.1 Å². The quantitative estimate of drug-likeness (QED) is 0.437. The van der Waals surface area contributed by atoms with Crippen LogP contribution in [0.2, 0.25) is 0 Å². The molecule has 0 radical (unpaired) electrons. The van der Waals surface area contributed by atoms with E-state index in [1.807, 2.05) is 35.7 Å². The number of carbonyl (C=O) groups excluding carboxylic acids is 1. The van der Waals surface area contributed by atoms with Crippen LogP contribution in [0.4, 0.5) is 5.69 Å². The lowest BCUT2D eigenvalue weighted by molar-refractivity contribution is -0.121. The lowest BCUT2D eigenvalue weighted by atomic mass is 9.87. The molecule has 3 rings (SSSR count). The van der Waals surface area contributed by atoms with E-state index in [9.17, 15) is 4.79 Å². The van der Waals surface area contributed by atoms with Gasteiger partial charge >= 0.3 is 0 Å². The number of hydrogen-bond donors (Lipinski definition) is 1. The zero-order valence-corrected chi connectivity index (χ0v) is 18.6. The Kier molecular flexibility index (Phi) is 7.87. The van der Waals surface area contributed by atoms with Crippen molar-refractivity contribution < 1.29 is 9.53 Å². The van der Waals surface area contributed by atoms with Gasteiger partial charge in [0.15, 0.2) is 4.34 Å². The second kappa shape index (κ2) is 10.1. The van der Waals surface area contributed by atoms with Gasteiger partial charge in [0.1, 0.15) is 0 Å². The molecule has 1 amide bonds. The number of benzene rings is 1. The minimum absolute atomic E-state index is 0.0955. The summed E-state index contributed by atoms with van der Waals surface area (Å²) in [5, 5.41) is 3.78. The summed E-state index contributed by atoms with van der Waals surface area (Å²) in [6, 6.07) is 6.03. The Morgan fingerprint density at radius 1 is 1.30 bits per heavy atom. The van der Waals surface area contributed by atoms with Gasteiger partial charge in [-0.05, 0) is 49.1 Å². The summed E-state index contributed by atoms with van der Waals surface area (Å²) >= 11 is 5.51. The summed E-state index contributed by atoms with van der Waals surface area (Å²) in [4.78, 5) is 17.3. The van der Waals surface area contributed by atoms with Gasteiger partial charge in [-0.2, -0.15) is 11.8 Å². The molecule has 0 aliphatic heterocycles. The molecule has 1 fully saturated rings. The van der Waals surface area contributed by atoms with E-state index in [0.29, 0.717) is 11.4 Å². The summed E-state index contributed by atoms with van der Waals surface area (Å²) < 4.78 is 7.64. The highest BCUT2D eigenvalue weighted by molar-refractivity contribution is 8.04. The highest BCUT2D eigenvalue weighted by Gasteiger charge is 2.26. The van der Waals surface area contributed by atoms with Crippen LogP contribution in [-0.4, -0.2) is 40.9 Å². The number of amides is 1. The van der Waals surface area contributed by atoms with Gasteiger partial charge in [-0.15, -0.1) is 11.3 Å². The van der Waals surface area contributed by atoms with Crippen molar-refractivity contribution in [3.8, 4) is 0 Å². The highest BCUT2D eigenvalue weighted by atomic mass is 32.2. The van der Waals surface area contributed by atoms with Crippen molar-refractivity contribution in [1.29, 1.82) is 0 Å².